The largest absolute Gasteiger partial charge is 0.351 e. The molecule has 1 saturated carbocycles. The minimum Gasteiger partial charge on any atom is -0.351 e. The van der Waals surface area contributed by atoms with Crippen molar-refractivity contribution in [3.05, 3.63) is 35.9 Å². The fourth-order valence-corrected chi connectivity index (χ4v) is 4.19. The number of benzene rings is 1. The van der Waals surface area contributed by atoms with Gasteiger partial charge in [0.2, 0.25) is 5.91 Å². The summed E-state index contributed by atoms with van der Waals surface area (Å²) in [4.78, 5) is 14.5. The maximum atomic E-state index is 12.1. The summed E-state index contributed by atoms with van der Waals surface area (Å²) in [6.45, 7) is 2.57. The van der Waals surface area contributed by atoms with Gasteiger partial charge in [0.25, 0.3) is 0 Å². The van der Waals surface area contributed by atoms with Crippen LogP contribution in [0.25, 0.3) is 0 Å². The molecule has 2 aliphatic rings. The highest BCUT2D eigenvalue weighted by atomic mass is 16.2. The molecule has 126 valence electrons. The van der Waals surface area contributed by atoms with E-state index in [4.69, 9.17) is 0 Å². The van der Waals surface area contributed by atoms with Crippen LogP contribution in [0.5, 0.6) is 0 Å². The number of hydrogen-bond acceptors (Lipinski definition) is 3. The van der Waals surface area contributed by atoms with E-state index in [9.17, 15) is 4.79 Å². The van der Waals surface area contributed by atoms with E-state index in [2.05, 4.69) is 46.8 Å². The summed E-state index contributed by atoms with van der Waals surface area (Å²) < 4.78 is 0. The summed E-state index contributed by atoms with van der Waals surface area (Å²) in [5.74, 6) is 0.853. The molecular weight excluding hydrogens is 286 g/mol. The van der Waals surface area contributed by atoms with Crippen LogP contribution in [0.2, 0.25) is 0 Å². The number of nitrogens with zero attached hydrogens (tertiary/aromatic N) is 1. The van der Waals surface area contributed by atoms with Gasteiger partial charge in [-0.05, 0) is 37.8 Å². The van der Waals surface area contributed by atoms with E-state index in [1.807, 2.05) is 6.07 Å². The predicted octanol–water partition coefficient (Wildman–Crippen LogP) is 1.81. The molecule has 1 aromatic rings. The Bertz CT molecular complexity index is 505. The second kappa shape index (κ2) is 7.93. The maximum absolute atomic E-state index is 12.1. The fraction of sp³-hybridized carbons (Fsp3) is 0.632. The third kappa shape index (κ3) is 4.55. The van der Waals surface area contributed by atoms with E-state index >= 15 is 0 Å². The topological polar surface area (TPSA) is 44.4 Å². The Morgan fingerprint density at radius 2 is 2.00 bits per heavy atom. The average molecular weight is 315 g/mol. The first-order chi connectivity index (χ1) is 11.2. The number of carbonyl (C=O) groups is 1. The highest BCUT2D eigenvalue weighted by molar-refractivity contribution is 5.79. The van der Waals surface area contributed by atoms with Gasteiger partial charge in [-0.1, -0.05) is 43.2 Å². The van der Waals surface area contributed by atoms with Gasteiger partial charge in [-0.3, -0.25) is 9.69 Å². The second-order valence-corrected chi connectivity index (χ2v) is 7.09. The molecule has 0 spiro atoms. The van der Waals surface area contributed by atoms with Crippen LogP contribution < -0.4 is 10.6 Å². The number of nitrogens with one attached hydrogen (secondary N) is 2. The monoisotopic (exact) mass is 315 g/mol. The molecule has 1 aliphatic heterocycles. The third-order valence-corrected chi connectivity index (χ3v) is 5.31. The normalized spacial score (nSPS) is 29.3. The van der Waals surface area contributed by atoms with Crippen molar-refractivity contribution in [1.29, 1.82) is 0 Å². The van der Waals surface area contributed by atoms with E-state index < -0.39 is 0 Å². The van der Waals surface area contributed by atoms with Gasteiger partial charge >= 0.3 is 0 Å². The molecule has 1 aromatic carbocycles. The van der Waals surface area contributed by atoms with E-state index in [1.165, 1.54) is 31.2 Å². The van der Waals surface area contributed by atoms with Crippen LogP contribution in [0.1, 0.15) is 31.2 Å². The fourth-order valence-electron chi connectivity index (χ4n) is 4.19. The minimum atomic E-state index is 0.175. The molecule has 2 N–H and O–H groups in total. The van der Waals surface area contributed by atoms with Crippen LogP contribution in [0.4, 0.5) is 0 Å². The minimum absolute atomic E-state index is 0.175. The number of rotatable bonds is 5. The molecular formula is C19H29N3O. The summed E-state index contributed by atoms with van der Waals surface area (Å²) in [7, 11) is 2.07. The van der Waals surface area contributed by atoms with E-state index in [0.717, 1.165) is 19.5 Å². The van der Waals surface area contributed by atoms with Crippen LogP contribution in [-0.4, -0.2) is 49.6 Å². The van der Waals surface area contributed by atoms with Gasteiger partial charge in [-0.25, -0.2) is 0 Å². The Kier molecular flexibility index (Phi) is 5.68. The summed E-state index contributed by atoms with van der Waals surface area (Å²) in [5.41, 5.74) is 1.30. The van der Waals surface area contributed by atoms with E-state index in [1.54, 1.807) is 0 Å². The lowest BCUT2D eigenvalue weighted by atomic mass is 9.84. The second-order valence-electron chi connectivity index (χ2n) is 7.09. The molecule has 4 heteroatoms. The Hall–Kier alpha value is -1.39. The molecule has 1 aliphatic carbocycles. The average Bonchev–Trinajstić information content (AvgIpc) is 2.56. The standard InChI is InChI=1S/C19H29N3O/c1-20-18-10-6-5-9-16(18)12-22-13-17(21-19(23)14-22)11-15-7-3-2-4-8-15/h2-4,7-8,16-18,20H,5-6,9-14H2,1H3,(H,21,23). The van der Waals surface area contributed by atoms with E-state index in [-0.39, 0.29) is 11.9 Å². The number of amides is 1. The third-order valence-electron chi connectivity index (χ3n) is 5.31. The van der Waals surface area contributed by atoms with Crippen molar-refractivity contribution < 1.29 is 4.79 Å². The molecule has 23 heavy (non-hydrogen) atoms. The first kappa shape index (κ1) is 16.5. The zero-order valence-electron chi connectivity index (χ0n) is 14.1. The van der Waals surface area contributed by atoms with Gasteiger partial charge < -0.3 is 10.6 Å². The van der Waals surface area contributed by atoms with Gasteiger partial charge in [-0.15, -0.1) is 0 Å². The molecule has 4 nitrogen and oxygen atoms in total. The number of piperazine rings is 1. The van der Waals surface area contributed by atoms with Crippen molar-refractivity contribution in [3.63, 3.8) is 0 Å². The lowest BCUT2D eigenvalue weighted by molar-refractivity contribution is -0.125. The highest BCUT2D eigenvalue weighted by Crippen LogP contribution is 2.25. The smallest absolute Gasteiger partial charge is 0.234 e. The van der Waals surface area contributed by atoms with Crippen molar-refractivity contribution >= 4 is 5.91 Å². The Morgan fingerprint density at radius 1 is 1.22 bits per heavy atom. The quantitative estimate of drug-likeness (QED) is 0.871. The summed E-state index contributed by atoms with van der Waals surface area (Å²) in [6, 6.07) is 11.3. The molecule has 1 saturated heterocycles. The van der Waals surface area contributed by atoms with Gasteiger partial charge in [-0.2, -0.15) is 0 Å². The van der Waals surface area contributed by atoms with Crippen molar-refractivity contribution in [1.82, 2.24) is 15.5 Å². The lowest BCUT2D eigenvalue weighted by Gasteiger charge is -2.39. The van der Waals surface area contributed by atoms with Crippen molar-refractivity contribution in [3.8, 4) is 0 Å². The SMILES string of the molecule is CNC1CCCCC1CN1CC(=O)NC(Cc2ccccc2)C1. The summed E-state index contributed by atoms with van der Waals surface area (Å²) >= 11 is 0. The van der Waals surface area contributed by atoms with Crippen LogP contribution >= 0.6 is 0 Å². The van der Waals surface area contributed by atoms with Crippen molar-refractivity contribution in [2.45, 2.75) is 44.2 Å². The van der Waals surface area contributed by atoms with Crippen LogP contribution in [0, 0.1) is 5.92 Å². The van der Waals surface area contributed by atoms with Gasteiger partial charge in [0, 0.05) is 25.2 Å². The predicted molar refractivity (Wildman–Crippen MR) is 93.3 cm³/mol. The van der Waals surface area contributed by atoms with Crippen LogP contribution in [0.15, 0.2) is 30.3 Å². The molecule has 2 fully saturated rings. The summed E-state index contributed by atoms with van der Waals surface area (Å²) in [5, 5.41) is 6.64. The molecule has 0 aromatic heterocycles. The molecule has 3 rings (SSSR count). The van der Waals surface area contributed by atoms with Crippen LogP contribution in [0.3, 0.4) is 0 Å². The first-order valence-electron chi connectivity index (χ1n) is 8.97. The first-order valence-corrected chi connectivity index (χ1v) is 8.97. The Morgan fingerprint density at radius 3 is 2.78 bits per heavy atom. The van der Waals surface area contributed by atoms with Gasteiger partial charge in [0.05, 0.1) is 6.54 Å². The van der Waals surface area contributed by atoms with Gasteiger partial charge in [0.15, 0.2) is 0 Å². The summed E-state index contributed by atoms with van der Waals surface area (Å²) in [6.07, 6.45) is 6.14. The highest BCUT2D eigenvalue weighted by Gasteiger charge is 2.30. The molecule has 3 unspecified atom stereocenters. The van der Waals surface area contributed by atoms with Gasteiger partial charge in [0.1, 0.15) is 0 Å². The molecule has 0 bridgehead atoms. The molecule has 0 radical (unpaired) electrons. The van der Waals surface area contributed by atoms with Crippen molar-refractivity contribution in [2.24, 2.45) is 5.92 Å². The zero-order chi connectivity index (χ0) is 16.1. The zero-order valence-corrected chi connectivity index (χ0v) is 14.1. The lowest BCUT2D eigenvalue weighted by Crippen LogP contribution is -2.56. The molecule has 3 atom stereocenters. The van der Waals surface area contributed by atoms with Crippen molar-refractivity contribution in [2.75, 3.05) is 26.7 Å². The molecule has 1 heterocycles. The molecule has 1 amide bonds. The van der Waals surface area contributed by atoms with E-state index in [0.29, 0.717) is 18.5 Å². The Balaban J connectivity index is 1.58. The number of carbonyl (C=O) groups excluding carboxylic acids is 1. The Labute approximate surface area is 139 Å². The maximum Gasteiger partial charge on any atom is 0.234 e. The number of hydrogen-bond donors (Lipinski definition) is 2. The van der Waals surface area contributed by atoms with Crippen LogP contribution in [-0.2, 0) is 11.2 Å².